The third-order valence-electron chi connectivity index (χ3n) is 1.70. The fraction of sp³-hybridized carbons (Fsp3) is 0. The highest BCUT2D eigenvalue weighted by Gasteiger charge is 2.03. The second-order valence-electron chi connectivity index (χ2n) is 2.82. The molecule has 0 atom stereocenters. The summed E-state index contributed by atoms with van der Waals surface area (Å²) < 4.78 is 6.03. The van der Waals surface area contributed by atoms with Gasteiger partial charge in [-0.05, 0) is 46.2 Å². The van der Waals surface area contributed by atoms with E-state index < -0.39 is 0 Å². The number of rotatable bonds is 3. The number of nitrogens with one attached hydrogen (secondary N) is 1. The van der Waals surface area contributed by atoms with E-state index >= 15 is 0 Å². The van der Waals surface area contributed by atoms with E-state index in [4.69, 9.17) is 4.42 Å². The Morgan fingerprint density at radius 2 is 2.38 bits per heavy atom. The van der Waals surface area contributed by atoms with Crippen LogP contribution in [0, 0.1) is 3.77 Å². The number of hydrogen-bond donors (Lipinski definition) is 1. The van der Waals surface area contributed by atoms with Gasteiger partial charge in [0.2, 0.25) is 0 Å². The van der Waals surface area contributed by atoms with E-state index in [2.05, 4.69) is 33.1 Å². The van der Waals surface area contributed by atoms with Gasteiger partial charge in [-0.25, -0.2) is 5.43 Å². The molecule has 82 valence electrons. The summed E-state index contributed by atoms with van der Waals surface area (Å²) in [4.78, 5) is 12.1. The Balaban J connectivity index is 1.93. The van der Waals surface area contributed by atoms with Gasteiger partial charge in [-0.1, -0.05) is 6.07 Å². The lowest BCUT2D eigenvalue weighted by atomic mass is 10.4. The van der Waals surface area contributed by atoms with Gasteiger partial charge in [0.1, 0.15) is 5.76 Å². The van der Waals surface area contributed by atoms with E-state index in [1.807, 2.05) is 17.5 Å². The van der Waals surface area contributed by atoms with Crippen molar-refractivity contribution in [2.24, 2.45) is 5.10 Å². The first kappa shape index (κ1) is 11.3. The van der Waals surface area contributed by atoms with Crippen molar-refractivity contribution in [2.45, 2.75) is 0 Å². The summed E-state index contributed by atoms with van der Waals surface area (Å²) in [6.07, 6.45) is 1.47. The maximum Gasteiger partial charge on any atom is 0.281 e. The van der Waals surface area contributed by atoms with Gasteiger partial charge in [0, 0.05) is 0 Å². The van der Waals surface area contributed by atoms with Crippen LogP contribution in [0.5, 0.6) is 0 Å². The average molecular weight is 346 g/mol. The Hall–Kier alpha value is -1.15. The lowest BCUT2D eigenvalue weighted by Gasteiger charge is -1.93. The van der Waals surface area contributed by atoms with Crippen LogP contribution >= 0.6 is 33.9 Å². The molecule has 1 N–H and O–H groups in total. The highest BCUT2D eigenvalue weighted by Crippen LogP contribution is 2.08. The predicted octanol–water partition coefficient (Wildman–Crippen LogP) is 2.71. The van der Waals surface area contributed by atoms with Gasteiger partial charge in [-0.3, -0.25) is 4.79 Å². The van der Waals surface area contributed by atoms with E-state index in [1.165, 1.54) is 17.6 Å². The van der Waals surface area contributed by atoms with Crippen LogP contribution < -0.4 is 5.43 Å². The molecule has 0 aliphatic heterocycles. The normalized spacial score (nSPS) is 10.8. The molecule has 0 spiro atoms. The van der Waals surface area contributed by atoms with E-state index in [0.717, 1.165) is 3.77 Å². The van der Waals surface area contributed by atoms with Crippen LogP contribution in [0.15, 0.2) is 39.2 Å². The van der Waals surface area contributed by atoms with E-state index in [1.54, 1.807) is 12.1 Å². The minimum absolute atomic E-state index is 0.215. The summed E-state index contributed by atoms with van der Waals surface area (Å²) in [5.41, 5.74) is 2.42. The minimum Gasteiger partial charge on any atom is -0.449 e. The molecule has 0 aliphatic carbocycles. The summed E-state index contributed by atoms with van der Waals surface area (Å²) in [7, 11) is 0. The summed E-state index contributed by atoms with van der Waals surface area (Å²) in [6, 6.07) is 7.16. The lowest BCUT2D eigenvalue weighted by Crippen LogP contribution is -2.15. The second kappa shape index (κ2) is 5.26. The molecule has 2 rings (SSSR count). The fourth-order valence-corrected chi connectivity index (χ4v) is 2.06. The standard InChI is InChI=1S/C10H7IN2O2S/c11-9-4-3-7(15-9)6-12-13-10(14)8-2-1-5-16-8/h1-6H,(H,13,14)/b12-6-. The first-order chi connectivity index (χ1) is 7.75. The SMILES string of the molecule is O=C(N/N=C\c1ccc(I)o1)c1cccs1. The number of hydrogen-bond acceptors (Lipinski definition) is 4. The predicted molar refractivity (Wildman–Crippen MR) is 70.8 cm³/mol. The monoisotopic (exact) mass is 346 g/mol. The lowest BCUT2D eigenvalue weighted by molar-refractivity contribution is 0.0959. The summed E-state index contributed by atoms with van der Waals surface area (Å²) in [6.45, 7) is 0. The molecule has 0 saturated carbocycles. The maximum atomic E-state index is 11.5. The largest absolute Gasteiger partial charge is 0.449 e. The highest BCUT2D eigenvalue weighted by molar-refractivity contribution is 14.1. The van der Waals surface area contributed by atoms with Crippen LogP contribution in [0.25, 0.3) is 0 Å². The Bertz CT molecular complexity index is 505. The molecule has 0 aliphatic rings. The smallest absolute Gasteiger partial charge is 0.281 e. The zero-order chi connectivity index (χ0) is 11.4. The molecule has 16 heavy (non-hydrogen) atoms. The molecule has 0 saturated heterocycles. The van der Waals surface area contributed by atoms with Gasteiger partial charge in [0.15, 0.2) is 3.77 Å². The van der Waals surface area contributed by atoms with Crippen molar-refractivity contribution in [3.63, 3.8) is 0 Å². The van der Waals surface area contributed by atoms with Gasteiger partial charge >= 0.3 is 0 Å². The Morgan fingerprint density at radius 1 is 1.50 bits per heavy atom. The molecular weight excluding hydrogens is 339 g/mol. The molecule has 0 radical (unpaired) electrons. The van der Waals surface area contributed by atoms with E-state index in [0.29, 0.717) is 10.6 Å². The van der Waals surface area contributed by atoms with Crippen LogP contribution in [0.4, 0.5) is 0 Å². The summed E-state index contributed by atoms with van der Waals surface area (Å²) in [5, 5.41) is 5.64. The van der Waals surface area contributed by atoms with Crippen LogP contribution in [-0.2, 0) is 0 Å². The van der Waals surface area contributed by atoms with Crippen molar-refractivity contribution in [3.05, 3.63) is 44.0 Å². The third-order valence-corrected chi connectivity index (χ3v) is 3.15. The number of carbonyl (C=O) groups is 1. The topological polar surface area (TPSA) is 54.6 Å². The van der Waals surface area contributed by atoms with Gasteiger partial charge in [0.25, 0.3) is 5.91 Å². The van der Waals surface area contributed by atoms with Crippen LogP contribution in [0.3, 0.4) is 0 Å². The zero-order valence-corrected chi connectivity index (χ0v) is 11.0. The van der Waals surface area contributed by atoms with Crippen molar-refractivity contribution in [2.75, 3.05) is 0 Å². The van der Waals surface area contributed by atoms with Gasteiger partial charge < -0.3 is 4.42 Å². The Morgan fingerprint density at radius 3 is 3.00 bits per heavy atom. The quantitative estimate of drug-likeness (QED) is 0.528. The van der Waals surface area contributed by atoms with Gasteiger partial charge in [-0.15, -0.1) is 11.3 Å². The number of amides is 1. The molecule has 2 aromatic rings. The van der Waals surface area contributed by atoms with Gasteiger partial charge in [0.05, 0.1) is 11.1 Å². The van der Waals surface area contributed by atoms with E-state index in [-0.39, 0.29) is 5.91 Å². The fourth-order valence-electron chi connectivity index (χ4n) is 1.02. The Kier molecular flexibility index (Phi) is 3.73. The molecule has 6 heteroatoms. The molecule has 0 unspecified atom stereocenters. The minimum atomic E-state index is -0.215. The van der Waals surface area contributed by atoms with Crippen molar-refractivity contribution in [3.8, 4) is 0 Å². The highest BCUT2D eigenvalue weighted by atomic mass is 127. The van der Waals surface area contributed by atoms with E-state index in [9.17, 15) is 4.79 Å². The number of carbonyl (C=O) groups excluding carboxylic acids is 1. The zero-order valence-electron chi connectivity index (χ0n) is 8.01. The van der Waals surface area contributed by atoms with Crippen molar-refractivity contribution in [1.82, 2.24) is 5.43 Å². The molecule has 2 aromatic heterocycles. The molecule has 0 bridgehead atoms. The van der Waals surface area contributed by atoms with Crippen molar-refractivity contribution < 1.29 is 9.21 Å². The average Bonchev–Trinajstić information content (AvgIpc) is 2.89. The third kappa shape index (κ3) is 2.92. The van der Waals surface area contributed by atoms with Crippen LogP contribution in [-0.4, -0.2) is 12.1 Å². The first-order valence-corrected chi connectivity index (χ1v) is 6.34. The molecule has 0 fully saturated rings. The number of thiophene rings is 1. The number of halogens is 1. The molecule has 0 aromatic carbocycles. The molecular formula is C10H7IN2O2S. The molecule has 2 heterocycles. The molecule has 1 amide bonds. The van der Waals surface area contributed by atoms with Crippen molar-refractivity contribution >= 4 is 46.0 Å². The van der Waals surface area contributed by atoms with Gasteiger partial charge in [-0.2, -0.15) is 5.10 Å². The molecule has 4 nitrogen and oxygen atoms in total. The summed E-state index contributed by atoms with van der Waals surface area (Å²) >= 11 is 3.43. The summed E-state index contributed by atoms with van der Waals surface area (Å²) in [5.74, 6) is 0.392. The van der Waals surface area contributed by atoms with Crippen molar-refractivity contribution in [1.29, 1.82) is 0 Å². The second-order valence-corrected chi connectivity index (χ2v) is 4.83. The number of furan rings is 1. The first-order valence-electron chi connectivity index (χ1n) is 4.38. The van der Waals surface area contributed by atoms with Crippen LogP contribution in [0.2, 0.25) is 0 Å². The Labute approximate surface area is 109 Å². The van der Waals surface area contributed by atoms with Crippen LogP contribution in [0.1, 0.15) is 15.4 Å². The number of hydrazone groups is 1. The maximum absolute atomic E-state index is 11.5. The number of nitrogens with zero attached hydrogens (tertiary/aromatic N) is 1.